The maximum absolute atomic E-state index is 2.68. The van der Waals surface area contributed by atoms with Crippen molar-refractivity contribution in [1.82, 2.24) is 0 Å². The van der Waals surface area contributed by atoms with Crippen molar-refractivity contribution in [1.29, 1.82) is 0 Å². The van der Waals surface area contributed by atoms with E-state index in [1.165, 1.54) is 171 Å². The molecule has 2 aliphatic heterocycles. The molecular formula is C79H76N2. The zero-order chi connectivity index (χ0) is 56.0. The first-order valence-electron chi connectivity index (χ1n) is 29.9. The molecule has 0 saturated carbocycles. The maximum atomic E-state index is 2.68. The van der Waals surface area contributed by atoms with Crippen LogP contribution in [0.1, 0.15) is 151 Å². The van der Waals surface area contributed by atoms with Crippen LogP contribution in [0, 0.1) is 41.5 Å². The van der Waals surface area contributed by atoms with Crippen LogP contribution in [0.3, 0.4) is 0 Å². The fourth-order valence-electron chi connectivity index (χ4n) is 14.8. The monoisotopic (exact) mass is 1050 g/mol. The fraction of sp³-hybridized carbons (Fsp3) is 0.241. The number of benzene rings is 10. The molecule has 0 atom stereocenters. The molecule has 2 heteroatoms. The predicted octanol–water partition coefficient (Wildman–Crippen LogP) is 19.5. The van der Waals surface area contributed by atoms with Crippen LogP contribution < -0.4 is 9.80 Å². The van der Waals surface area contributed by atoms with Gasteiger partial charge >= 0.3 is 0 Å². The summed E-state index contributed by atoms with van der Waals surface area (Å²) < 4.78 is 0. The molecule has 0 aromatic heterocycles. The molecule has 10 aromatic rings. The van der Waals surface area contributed by atoms with E-state index in [-0.39, 0.29) is 0 Å². The number of hydrogen-bond donors (Lipinski definition) is 0. The molecule has 2 heterocycles. The number of aryl methyl sites for hydroxylation is 8. The lowest BCUT2D eigenvalue weighted by molar-refractivity contribution is 0.717. The first-order valence-corrected chi connectivity index (χ1v) is 29.9. The predicted molar refractivity (Wildman–Crippen MR) is 342 cm³/mol. The summed E-state index contributed by atoms with van der Waals surface area (Å²) in [5, 5.41) is 0. The summed E-state index contributed by atoms with van der Waals surface area (Å²) in [6, 6.07) is 82.5. The minimum Gasteiger partial charge on any atom is -0.344 e. The van der Waals surface area contributed by atoms with Crippen LogP contribution in [-0.4, -0.2) is 14.1 Å². The Bertz CT molecular complexity index is 3650. The molecule has 0 bridgehead atoms. The highest BCUT2D eigenvalue weighted by Crippen LogP contribution is 2.65. The van der Waals surface area contributed by atoms with Gasteiger partial charge in [-0.1, -0.05) is 230 Å². The quantitative estimate of drug-likeness (QED) is 0.120. The summed E-state index contributed by atoms with van der Waals surface area (Å²) in [6.45, 7) is 18.0. The molecule has 0 unspecified atom stereocenters. The smallest absolute Gasteiger partial charge is 0.0742 e. The van der Waals surface area contributed by atoms with Gasteiger partial charge in [-0.15, -0.1) is 0 Å². The SMILES string of the molecule is CCCCc1ccc(C2(c3ccc(CCCC)cc3)c3cc4c(cc3-c3cc5c(cc32)N(C)c2ccc(C)cc2C5(c2ccc(C)cc2)c2ccc(C)cc2)C(c2ccc(C)cc2)(c2ccc(C)cc2)c2cc(C)ccc2N4C)cc1. The van der Waals surface area contributed by atoms with Gasteiger partial charge in [0.05, 0.1) is 16.2 Å². The molecule has 13 rings (SSSR count). The Morgan fingerprint density at radius 3 is 0.827 bits per heavy atom. The molecule has 1 aliphatic carbocycles. The number of anilines is 4. The maximum Gasteiger partial charge on any atom is 0.0742 e. The third-order valence-electron chi connectivity index (χ3n) is 19.1. The van der Waals surface area contributed by atoms with Crippen molar-refractivity contribution in [2.75, 3.05) is 23.9 Å². The first-order chi connectivity index (χ1) is 39.3. The molecule has 81 heavy (non-hydrogen) atoms. The van der Waals surface area contributed by atoms with Crippen LogP contribution in [0.4, 0.5) is 22.7 Å². The van der Waals surface area contributed by atoms with E-state index < -0.39 is 16.2 Å². The molecule has 0 spiro atoms. The van der Waals surface area contributed by atoms with E-state index in [4.69, 9.17) is 0 Å². The topological polar surface area (TPSA) is 6.48 Å². The lowest BCUT2D eigenvalue weighted by atomic mass is 9.61. The average Bonchev–Trinajstić information content (AvgIpc) is 4.02. The lowest BCUT2D eigenvalue weighted by Crippen LogP contribution is -2.39. The molecule has 402 valence electrons. The lowest BCUT2D eigenvalue weighted by Gasteiger charge is -2.46. The summed E-state index contributed by atoms with van der Waals surface area (Å²) in [4.78, 5) is 5.02. The average molecular weight is 1050 g/mol. The second-order valence-corrected chi connectivity index (χ2v) is 24.3. The molecule has 0 amide bonds. The van der Waals surface area contributed by atoms with Crippen molar-refractivity contribution in [3.8, 4) is 11.1 Å². The first kappa shape index (κ1) is 52.2. The minimum atomic E-state index is -0.698. The Labute approximate surface area is 482 Å². The van der Waals surface area contributed by atoms with E-state index in [0.717, 1.165) is 12.8 Å². The fourth-order valence-corrected chi connectivity index (χ4v) is 14.8. The Balaban J connectivity index is 1.23. The normalized spacial score (nSPS) is 14.8. The van der Waals surface area contributed by atoms with E-state index >= 15 is 0 Å². The Kier molecular flexibility index (Phi) is 13.0. The third kappa shape index (κ3) is 7.95. The summed E-state index contributed by atoms with van der Waals surface area (Å²) in [6.07, 6.45) is 6.80. The molecular weight excluding hydrogens is 977 g/mol. The van der Waals surface area contributed by atoms with Gasteiger partial charge in [0.1, 0.15) is 0 Å². The van der Waals surface area contributed by atoms with Gasteiger partial charge in [-0.2, -0.15) is 0 Å². The molecule has 0 radical (unpaired) electrons. The van der Waals surface area contributed by atoms with Crippen molar-refractivity contribution in [2.45, 2.75) is 110 Å². The molecule has 2 nitrogen and oxygen atoms in total. The Morgan fingerprint density at radius 1 is 0.272 bits per heavy atom. The van der Waals surface area contributed by atoms with Crippen molar-refractivity contribution in [3.05, 3.63) is 318 Å². The van der Waals surface area contributed by atoms with Gasteiger partial charge < -0.3 is 9.80 Å². The van der Waals surface area contributed by atoms with E-state index in [9.17, 15) is 0 Å². The number of hydrogen-bond acceptors (Lipinski definition) is 2. The Morgan fingerprint density at radius 2 is 0.531 bits per heavy atom. The minimum absolute atomic E-state index is 0.661. The van der Waals surface area contributed by atoms with Crippen LogP contribution >= 0.6 is 0 Å². The van der Waals surface area contributed by atoms with Crippen molar-refractivity contribution in [2.24, 2.45) is 0 Å². The van der Waals surface area contributed by atoms with Crippen molar-refractivity contribution in [3.63, 3.8) is 0 Å². The van der Waals surface area contributed by atoms with Gasteiger partial charge in [0.15, 0.2) is 0 Å². The number of nitrogens with zero attached hydrogens (tertiary/aromatic N) is 2. The van der Waals surface area contributed by atoms with Crippen LogP contribution in [0.25, 0.3) is 11.1 Å². The van der Waals surface area contributed by atoms with E-state index in [0.29, 0.717) is 0 Å². The standard InChI is InChI=1S/C79H76N2/c1-11-13-15-57-27-39-63(40-28-57)77(64-41-29-58(30-42-64)16-14-12-2)67-49-75-71(78(59-31-17-51(3)18-32-59,60-33-19-52(4)20-34-60)69-45-55(7)25-43-73(69)80(75)9)47-65(67)66-48-72-76(50-68(66)77)81(10)74-44-26-56(8)46-70(74)79(72,61-35-21-53(5)22-36-61)62-37-23-54(6)24-38-62/h17-50H,11-16H2,1-10H3. The van der Waals surface area contributed by atoms with Gasteiger partial charge in [0, 0.05) is 36.8 Å². The van der Waals surface area contributed by atoms with E-state index in [2.05, 4.69) is 286 Å². The van der Waals surface area contributed by atoms with Crippen LogP contribution in [0.5, 0.6) is 0 Å². The zero-order valence-electron chi connectivity index (χ0n) is 49.3. The molecule has 0 saturated heterocycles. The molecule has 10 aromatic carbocycles. The summed E-state index contributed by atoms with van der Waals surface area (Å²) in [5.74, 6) is 0. The zero-order valence-corrected chi connectivity index (χ0v) is 49.3. The van der Waals surface area contributed by atoms with Gasteiger partial charge in [0.2, 0.25) is 0 Å². The highest BCUT2D eigenvalue weighted by atomic mass is 15.1. The molecule has 3 aliphatic rings. The van der Waals surface area contributed by atoms with Gasteiger partial charge in [0.25, 0.3) is 0 Å². The molecule has 0 N–H and O–H groups in total. The number of rotatable bonds is 12. The van der Waals surface area contributed by atoms with Crippen LogP contribution in [0.2, 0.25) is 0 Å². The van der Waals surface area contributed by atoms with Gasteiger partial charge in [-0.3, -0.25) is 0 Å². The summed E-state index contributed by atoms with van der Waals surface area (Å²) in [5.41, 5.74) is 31.2. The second-order valence-electron chi connectivity index (χ2n) is 24.3. The van der Waals surface area contributed by atoms with E-state index in [1.54, 1.807) is 0 Å². The highest BCUT2D eigenvalue weighted by molar-refractivity contribution is 5.96. The second kappa shape index (κ2) is 20.1. The largest absolute Gasteiger partial charge is 0.344 e. The van der Waals surface area contributed by atoms with Crippen LogP contribution in [0.15, 0.2) is 206 Å². The Hall–Kier alpha value is -8.20. The highest BCUT2D eigenvalue weighted by Gasteiger charge is 2.54. The van der Waals surface area contributed by atoms with E-state index in [1.807, 2.05) is 0 Å². The summed E-state index contributed by atoms with van der Waals surface area (Å²) in [7, 11) is 4.62. The van der Waals surface area contributed by atoms with Gasteiger partial charge in [-0.25, -0.2) is 0 Å². The summed E-state index contributed by atoms with van der Waals surface area (Å²) >= 11 is 0. The molecule has 0 fully saturated rings. The van der Waals surface area contributed by atoms with Crippen molar-refractivity contribution >= 4 is 22.7 Å². The van der Waals surface area contributed by atoms with Crippen molar-refractivity contribution < 1.29 is 0 Å². The number of fused-ring (bicyclic) bond motifs is 7. The number of unbranched alkanes of at least 4 members (excludes halogenated alkanes) is 2. The third-order valence-corrected chi connectivity index (χ3v) is 19.1. The van der Waals surface area contributed by atoms with Crippen LogP contribution in [-0.2, 0) is 29.1 Å². The van der Waals surface area contributed by atoms with Gasteiger partial charge in [-0.05, 0) is 193 Å².